The molecule has 0 amide bonds. The van der Waals surface area contributed by atoms with Gasteiger partial charge in [0.05, 0.1) is 5.38 Å². The van der Waals surface area contributed by atoms with Gasteiger partial charge in [-0.1, -0.05) is 6.07 Å². The Morgan fingerprint density at radius 3 is 2.88 bits per heavy atom. The van der Waals surface area contributed by atoms with E-state index in [1.807, 2.05) is 13.0 Å². The number of imidazole rings is 1. The Balaban J connectivity index is 2.17. The minimum Gasteiger partial charge on any atom is -0.349 e. The molecule has 1 aromatic heterocycles. The van der Waals surface area contributed by atoms with Crippen LogP contribution in [-0.2, 0) is 6.42 Å². The van der Waals surface area contributed by atoms with Gasteiger partial charge in [0.1, 0.15) is 11.6 Å². The topological polar surface area (TPSA) is 28.7 Å². The van der Waals surface area contributed by atoms with Crippen LogP contribution in [0.2, 0.25) is 0 Å². The number of aromatic amines is 1. The average molecular weight is 239 g/mol. The van der Waals surface area contributed by atoms with E-state index in [0.29, 0.717) is 6.42 Å². The van der Waals surface area contributed by atoms with Crippen LogP contribution >= 0.6 is 11.6 Å². The van der Waals surface area contributed by atoms with Crippen molar-refractivity contribution >= 4 is 11.6 Å². The molecule has 0 saturated heterocycles. The highest BCUT2D eigenvalue weighted by molar-refractivity contribution is 6.20. The standard InChI is InChI=1S/C12H12ClFN2/c1-8-4-9(6-10(14)5-8)11(13)7-12-15-2-3-16-12/h2-6,11H,7H2,1H3,(H,15,16). The van der Waals surface area contributed by atoms with Crippen molar-refractivity contribution in [2.45, 2.75) is 18.7 Å². The van der Waals surface area contributed by atoms with Crippen molar-refractivity contribution in [3.8, 4) is 0 Å². The number of nitrogens with one attached hydrogen (secondary N) is 1. The molecule has 2 nitrogen and oxygen atoms in total. The Kier molecular flexibility index (Phi) is 3.25. The van der Waals surface area contributed by atoms with Gasteiger partial charge in [-0.15, -0.1) is 11.6 Å². The fourth-order valence-corrected chi connectivity index (χ4v) is 1.91. The number of H-pyrrole nitrogens is 1. The molecule has 84 valence electrons. The number of hydrogen-bond donors (Lipinski definition) is 1. The highest BCUT2D eigenvalue weighted by atomic mass is 35.5. The lowest BCUT2D eigenvalue weighted by Gasteiger charge is -2.09. The smallest absolute Gasteiger partial charge is 0.123 e. The van der Waals surface area contributed by atoms with E-state index in [9.17, 15) is 4.39 Å². The average Bonchev–Trinajstić information content (AvgIpc) is 2.68. The summed E-state index contributed by atoms with van der Waals surface area (Å²) < 4.78 is 13.2. The molecule has 1 aromatic carbocycles. The normalized spacial score (nSPS) is 12.7. The summed E-state index contributed by atoms with van der Waals surface area (Å²) in [5.41, 5.74) is 1.66. The van der Waals surface area contributed by atoms with Crippen molar-refractivity contribution in [3.63, 3.8) is 0 Å². The van der Waals surface area contributed by atoms with Crippen LogP contribution in [0.15, 0.2) is 30.6 Å². The van der Waals surface area contributed by atoms with Crippen molar-refractivity contribution in [2.24, 2.45) is 0 Å². The van der Waals surface area contributed by atoms with Crippen molar-refractivity contribution in [3.05, 3.63) is 53.4 Å². The molecule has 1 N–H and O–H groups in total. The third-order valence-electron chi connectivity index (χ3n) is 2.35. The maximum absolute atomic E-state index is 13.2. The van der Waals surface area contributed by atoms with Crippen LogP contribution in [-0.4, -0.2) is 9.97 Å². The molecular weight excluding hydrogens is 227 g/mol. The van der Waals surface area contributed by atoms with Gasteiger partial charge in [0.25, 0.3) is 0 Å². The van der Waals surface area contributed by atoms with E-state index in [0.717, 1.165) is 17.0 Å². The first-order chi connectivity index (χ1) is 7.65. The summed E-state index contributed by atoms with van der Waals surface area (Å²) in [6.07, 6.45) is 3.99. The number of aryl methyl sites for hydroxylation is 1. The summed E-state index contributed by atoms with van der Waals surface area (Å²) in [7, 11) is 0. The minimum atomic E-state index is -0.263. The van der Waals surface area contributed by atoms with Crippen molar-refractivity contribution in [2.75, 3.05) is 0 Å². The van der Waals surface area contributed by atoms with Crippen LogP contribution in [0, 0.1) is 12.7 Å². The summed E-state index contributed by atoms with van der Waals surface area (Å²) in [4.78, 5) is 7.07. The van der Waals surface area contributed by atoms with E-state index < -0.39 is 0 Å². The first kappa shape index (κ1) is 11.1. The van der Waals surface area contributed by atoms with Crippen LogP contribution in [0.1, 0.15) is 22.3 Å². The third-order valence-corrected chi connectivity index (χ3v) is 2.76. The molecule has 0 aliphatic heterocycles. The number of aromatic nitrogens is 2. The molecule has 0 spiro atoms. The van der Waals surface area contributed by atoms with E-state index >= 15 is 0 Å². The van der Waals surface area contributed by atoms with Crippen LogP contribution in [0.4, 0.5) is 4.39 Å². The van der Waals surface area contributed by atoms with E-state index in [-0.39, 0.29) is 11.2 Å². The van der Waals surface area contributed by atoms with Crippen LogP contribution < -0.4 is 0 Å². The molecule has 2 aromatic rings. The second-order valence-corrected chi connectivity index (χ2v) is 4.30. The second kappa shape index (κ2) is 4.66. The fourth-order valence-electron chi connectivity index (χ4n) is 1.64. The number of rotatable bonds is 3. The molecule has 0 radical (unpaired) electrons. The Morgan fingerprint density at radius 2 is 2.25 bits per heavy atom. The predicted molar refractivity (Wildman–Crippen MR) is 62.0 cm³/mol. The zero-order valence-electron chi connectivity index (χ0n) is 8.87. The molecule has 0 bridgehead atoms. The van der Waals surface area contributed by atoms with Crippen molar-refractivity contribution < 1.29 is 4.39 Å². The van der Waals surface area contributed by atoms with Gasteiger partial charge in [0.15, 0.2) is 0 Å². The van der Waals surface area contributed by atoms with Gasteiger partial charge in [0, 0.05) is 18.8 Å². The molecule has 0 aliphatic carbocycles. The van der Waals surface area contributed by atoms with Crippen LogP contribution in [0.25, 0.3) is 0 Å². The largest absolute Gasteiger partial charge is 0.349 e. The Hall–Kier alpha value is -1.35. The number of benzene rings is 1. The number of alkyl halides is 1. The summed E-state index contributed by atoms with van der Waals surface area (Å²) in [5, 5.41) is -0.263. The summed E-state index contributed by atoms with van der Waals surface area (Å²) in [6.45, 7) is 1.85. The summed E-state index contributed by atoms with van der Waals surface area (Å²) in [5.74, 6) is 0.557. The Bertz CT molecular complexity index is 448. The number of nitrogens with zero attached hydrogens (tertiary/aromatic N) is 1. The lowest BCUT2D eigenvalue weighted by atomic mass is 10.1. The van der Waals surface area contributed by atoms with Gasteiger partial charge >= 0.3 is 0 Å². The molecule has 0 aliphatic rings. The SMILES string of the molecule is Cc1cc(F)cc(C(Cl)Cc2ncc[nH]2)c1. The quantitative estimate of drug-likeness (QED) is 0.816. The van der Waals surface area contributed by atoms with Gasteiger partial charge in [0.2, 0.25) is 0 Å². The molecule has 2 rings (SSSR count). The monoisotopic (exact) mass is 238 g/mol. The van der Waals surface area contributed by atoms with Gasteiger partial charge < -0.3 is 4.98 Å². The minimum absolute atomic E-state index is 0.250. The summed E-state index contributed by atoms with van der Waals surface area (Å²) >= 11 is 6.21. The Morgan fingerprint density at radius 1 is 1.44 bits per heavy atom. The molecule has 0 saturated carbocycles. The van der Waals surface area contributed by atoms with Gasteiger partial charge in [-0.25, -0.2) is 9.37 Å². The van der Waals surface area contributed by atoms with Gasteiger partial charge in [-0.3, -0.25) is 0 Å². The van der Waals surface area contributed by atoms with Crippen molar-refractivity contribution in [1.29, 1.82) is 0 Å². The van der Waals surface area contributed by atoms with Gasteiger partial charge in [-0.2, -0.15) is 0 Å². The molecule has 1 atom stereocenters. The lowest BCUT2D eigenvalue weighted by Crippen LogP contribution is -1.99. The van der Waals surface area contributed by atoms with E-state index in [2.05, 4.69) is 9.97 Å². The first-order valence-corrected chi connectivity index (χ1v) is 5.48. The lowest BCUT2D eigenvalue weighted by molar-refractivity contribution is 0.623. The van der Waals surface area contributed by atoms with Crippen LogP contribution in [0.3, 0.4) is 0 Å². The zero-order valence-corrected chi connectivity index (χ0v) is 9.63. The maximum atomic E-state index is 13.2. The van der Waals surface area contributed by atoms with E-state index in [1.165, 1.54) is 12.1 Å². The second-order valence-electron chi connectivity index (χ2n) is 3.77. The highest BCUT2D eigenvalue weighted by Gasteiger charge is 2.11. The molecule has 1 unspecified atom stereocenters. The number of halogens is 2. The van der Waals surface area contributed by atoms with Crippen LogP contribution in [0.5, 0.6) is 0 Å². The number of hydrogen-bond acceptors (Lipinski definition) is 1. The maximum Gasteiger partial charge on any atom is 0.123 e. The predicted octanol–water partition coefficient (Wildman–Crippen LogP) is 3.38. The summed E-state index contributed by atoms with van der Waals surface area (Å²) in [6, 6.07) is 4.84. The molecule has 16 heavy (non-hydrogen) atoms. The third kappa shape index (κ3) is 2.61. The molecule has 1 heterocycles. The van der Waals surface area contributed by atoms with Gasteiger partial charge in [-0.05, 0) is 30.2 Å². The Labute approximate surface area is 98.5 Å². The highest BCUT2D eigenvalue weighted by Crippen LogP contribution is 2.25. The zero-order chi connectivity index (χ0) is 11.5. The van der Waals surface area contributed by atoms with E-state index in [1.54, 1.807) is 12.4 Å². The van der Waals surface area contributed by atoms with E-state index in [4.69, 9.17) is 11.6 Å². The first-order valence-electron chi connectivity index (χ1n) is 5.04. The molecule has 4 heteroatoms. The fraction of sp³-hybridized carbons (Fsp3) is 0.250. The molecule has 0 fully saturated rings. The molecular formula is C12H12ClFN2. The van der Waals surface area contributed by atoms with Crippen molar-refractivity contribution in [1.82, 2.24) is 9.97 Å².